The predicted octanol–water partition coefficient (Wildman–Crippen LogP) is 1.43. The van der Waals surface area contributed by atoms with Crippen molar-refractivity contribution in [2.45, 2.75) is 25.6 Å². The molecular formula is C12H15F3N4OS. The van der Waals surface area contributed by atoms with Crippen LogP contribution in [0.3, 0.4) is 0 Å². The number of piperidine rings is 1. The molecule has 1 aliphatic rings. The van der Waals surface area contributed by atoms with Crippen LogP contribution in [0.15, 0.2) is 12.3 Å². The summed E-state index contributed by atoms with van der Waals surface area (Å²) in [5, 5.41) is 3.36. The molecule has 5 nitrogen and oxygen atoms in total. The smallest absolute Gasteiger partial charge is 0.393 e. The van der Waals surface area contributed by atoms with Crippen LogP contribution in [0.25, 0.3) is 0 Å². The van der Waals surface area contributed by atoms with Gasteiger partial charge in [-0.1, -0.05) is 12.2 Å². The number of aromatic nitrogens is 2. The Morgan fingerprint density at radius 3 is 2.52 bits per heavy atom. The van der Waals surface area contributed by atoms with Crippen molar-refractivity contribution in [2.24, 2.45) is 11.7 Å². The molecule has 1 aromatic rings. The number of hydrogen-bond acceptors (Lipinski definition) is 3. The lowest BCUT2D eigenvalue weighted by Crippen LogP contribution is -2.42. The number of nitrogens with zero attached hydrogens (tertiary/aromatic N) is 3. The van der Waals surface area contributed by atoms with Crippen molar-refractivity contribution in [3.8, 4) is 0 Å². The van der Waals surface area contributed by atoms with Gasteiger partial charge in [0.2, 0.25) is 5.91 Å². The van der Waals surface area contributed by atoms with E-state index in [2.05, 4.69) is 5.10 Å². The second-order valence-electron chi connectivity index (χ2n) is 4.95. The molecule has 9 heteroatoms. The summed E-state index contributed by atoms with van der Waals surface area (Å²) < 4.78 is 38.3. The lowest BCUT2D eigenvalue weighted by Gasteiger charge is -2.31. The number of hydrogen-bond donors (Lipinski definition) is 1. The van der Waals surface area contributed by atoms with E-state index in [1.807, 2.05) is 0 Å². The number of rotatable bonds is 3. The fourth-order valence-corrected chi connectivity index (χ4v) is 2.49. The molecule has 0 bridgehead atoms. The van der Waals surface area contributed by atoms with Crippen molar-refractivity contribution >= 4 is 23.1 Å². The van der Waals surface area contributed by atoms with Crippen LogP contribution in [0, 0.1) is 5.92 Å². The molecule has 0 unspecified atom stereocenters. The highest BCUT2D eigenvalue weighted by Gasteiger charge is 2.34. The Hall–Kier alpha value is -1.64. The highest BCUT2D eigenvalue weighted by Crippen LogP contribution is 2.27. The van der Waals surface area contributed by atoms with Crippen LogP contribution in [0.5, 0.6) is 0 Å². The third-order valence-electron chi connectivity index (χ3n) is 3.48. The molecule has 2 N–H and O–H groups in total. The summed E-state index contributed by atoms with van der Waals surface area (Å²) in [4.78, 5) is 14.1. The Labute approximate surface area is 124 Å². The van der Waals surface area contributed by atoms with Crippen LogP contribution in [0.2, 0.25) is 0 Å². The molecule has 1 aromatic heterocycles. The molecule has 1 fully saturated rings. The molecule has 0 aromatic carbocycles. The maximum absolute atomic E-state index is 12.4. The van der Waals surface area contributed by atoms with E-state index in [0.29, 0.717) is 30.9 Å². The van der Waals surface area contributed by atoms with Gasteiger partial charge < -0.3 is 10.6 Å². The predicted molar refractivity (Wildman–Crippen MR) is 73.3 cm³/mol. The van der Waals surface area contributed by atoms with E-state index in [9.17, 15) is 18.0 Å². The van der Waals surface area contributed by atoms with Crippen LogP contribution in [-0.2, 0) is 17.5 Å². The van der Waals surface area contributed by atoms with E-state index >= 15 is 0 Å². The minimum atomic E-state index is -4.50. The quantitative estimate of drug-likeness (QED) is 0.856. The van der Waals surface area contributed by atoms with Crippen LogP contribution in [0.1, 0.15) is 18.5 Å². The number of halogens is 3. The molecule has 0 spiro atoms. The molecule has 1 saturated heterocycles. The molecular weight excluding hydrogens is 305 g/mol. The summed E-state index contributed by atoms with van der Waals surface area (Å²) in [6.45, 7) is 0.816. The van der Waals surface area contributed by atoms with Crippen LogP contribution in [0.4, 0.5) is 13.2 Å². The fraction of sp³-hybridized carbons (Fsp3) is 0.583. The van der Waals surface area contributed by atoms with Crippen molar-refractivity contribution in [1.29, 1.82) is 0 Å². The monoisotopic (exact) mass is 320 g/mol. The van der Waals surface area contributed by atoms with Crippen molar-refractivity contribution in [2.75, 3.05) is 13.1 Å². The molecule has 1 aliphatic heterocycles. The van der Waals surface area contributed by atoms with Gasteiger partial charge in [0.1, 0.15) is 6.54 Å². The van der Waals surface area contributed by atoms with Gasteiger partial charge in [0.15, 0.2) is 5.69 Å². The Kier molecular flexibility index (Phi) is 4.50. The topological polar surface area (TPSA) is 64.2 Å². The maximum Gasteiger partial charge on any atom is 0.435 e. The Morgan fingerprint density at radius 1 is 1.43 bits per heavy atom. The third-order valence-corrected chi connectivity index (χ3v) is 3.81. The van der Waals surface area contributed by atoms with E-state index < -0.39 is 11.9 Å². The Balaban J connectivity index is 1.91. The second-order valence-corrected chi connectivity index (χ2v) is 5.43. The number of carbonyl (C=O) groups is 1. The van der Waals surface area contributed by atoms with Crippen molar-refractivity contribution < 1.29 is 18.0 Å². The van der Waals surface area contributed by atoms with Gasteiger partial charge in [0.05, 0.1) is 4.99 Å². The molecule has 0 aliphatic carbocycles. The minimum Gasteiger partial charge on any atom is -0.393 e. The number of alkyl halides is 3. The lowest BCUT2D eigenvalue weighted by atomic mass is 9.97. The number of likely N-dealkylation sites (tertiary alicyclic amines) is 1. The number of thiocarbonyl (C=S) groups is 1. The van der Waals surface area contributed by atoms with Gasteiger partial charge in [-0.15, -0.1) is 0 Å². The normalized spacial score (nSPS) is 17.0. The van der Waals surface area contributed by atoms with Gasteiger partial charge in [-0.3, -0.25) is 9.48 Å². The third kappa shape index (κ3) is 3.93. The first kappa shape index (κ1) is 15.7. The average molecular weight is 320 g/mol. The average Bonchev–Trinajstić information content (AvgIpc) is 2.87. The van der Waals surface area contributed by atoms with Crippen LogP contribution in [-0.4, -0.2) is 38.7 Å². The van der Waals surface area contributed by atoms with Gasteiger partial charge in [0.25, 0.3) is 0 Å². The molecule has 2 heterocycles. The zero-order valence-electron chi connectivity index (χ0n) is 11.1. The molecule has 1 amide bonds. The van der Waals surface area contributed by atoms with Gasteiger partial charge >= 0.3 is 6.18 Å². The lowest BCUT2D eigenvalue weighted by molar-refractivity contribution is -0.142. The summed E-state index contributed by atoms with van der Waals surface area (Å²) in [6.07, 6.45) is -1.96. The molecule has 0 saturated carbocycles. The molecule has 2 rings (SSSR count). The van der Waals surface area contributed by atoms with Gasteiger partial charge in [-0.25, -0.2) is 0 Å². The van der Waals surface area contributed by atoms with Crippen molar-refractivity contribution in [3.63, 3.8) is 0 Å². The molecule has 21 heavy (non-hydrogen) atoms. The summed E-state index contributed by atoms with van der Waals surface area (Å²) in [5.41, 5.74) is 4.57. The zero-order valence-corrected chi connectivity index (χ0v) is 12.0. The molecule has 116 valence electrons. The van der Waals surface area contributed by atoms with E-state index in [4.69, 9.17) is 18.0 Å². The van der Waals surface area contributed by atoms with Crippen LogP contribution < -0.4 is 5.73 Å². The summed E-state index contributed by atoms with van der Waals surface area (Å²) in [5.74, 6) is -0.126. The Morgan fingerprint density at radius 2 is 2.05 bits per heavy atom. The highest BCUT2D eigenvalue weighted by atomic mass is 32.1. The number of carbonyl (C=O) groups excluding carboxylic acids is 1. The Bertz CT molecular complexity index is 535. The van der Waals surface area contributed by atoms with E-state index in [0.717, 1.165) is 16.9 Å². The first-order valence-corrected chi connectivity index (χ1v) is 6.86. The highest BCUT2D eigenvalue weighted by molar-refractivity contribution is 7.80. The molecule has 0 radical (unpaired) electrons. The van der Waals surface area contributed by atoms with Gasteiger partial charge in [-0.2, -0.15) is 18.3 Å². The first-order valence-electron chi connectivity index (χ1n) is 6.45. The van der Waals surface area contributed by atoms with Gasteiger partial charge in [-0.05, 0) is 18.9 Å². The largest absolute Gasteiger partial charge is 0.435 e. The summed E-state index contributed by atoms with van der Waals surface area (Å²) >= 11 is 4.92. The number of nitrogens with two attached hydrogens (primary N) is 1. The standard InChI is InChI=1S/C12H15F3N4OS/c13-12(14,15)9-3-6-19(17-9)7-10(20)18-4-1-8(2-5-18)11(16)21/h3,6,8H,1-2,4-5,7H2,(H2,16,21). The van der Waals surface area contributed by atoms with Gasteiger partial charge in [0, 0.05) is 25.2 Å². The minimum absolute atomic E-state index is 0.130. The first-order chi connectivity index (χ1) is 9.77. The second kappa shape index (κ2) is 6.00. The van der Waals surface area contributed by atoms with Crippen molar-refractivity contribution in [1.82, 2.24) is 14.7 Å². The number of amides is 1. The van der Waals surface area contributed by atoms with E-state index in [1.54, 1.807) is 4.90 Å². The van der Waals surface area contributed by atoms with E-state index in [1.165, 1.54) is 0 Å². The zero-order chi connectivity index (χ0) is 15.6. The summed E-state index contributed by atoms with van der Waals surface area (Å²) in [6, 6.07) is 0.854. The van der Waals surface area contributed by atoms with E-state index in [-0.39, 0.29) is 18.4 Å². The summed E-state index contributed by atoms with van der Waals surface area (Å²) in [7, 11) is 0. The SMILES string of the molecule is NC(=S)C1CCN(C(=O)Cn2ccc(C(F)(F)F)n2)CC1. The fourth-order valence-electron chi connectivity index (χ4n) is 2.25. The maximum atomic E-state index is 12.4. The van der Waals surface area contributed by atoms with Crippen LogP contribution >= 0.6 is 12.2 Å². The molecule has 0 atom stereocenters. The van der Waals surface area contributed by atoms with Crippen molar-refractivity contribution in [3.05, 3.63) is 18.0 Å².